The highest BCUT2D eigenvalue weighted by atomic mass is 16.4. The standard InChI is InChI=1S/C24H36N4O7/c1-13(2)10-18(24(34)35)27-22(32)17(12-19(29)30)26-23(33)20(14(3)4)28-21(31)16(25)11-15-8-6-5-7-9-15/h5-9,13-14,16-18,20H,10-12,25H2,1-4H3,(H,26,33)(H,27,32)(H,28,31)(H,29,30)(H,34,35). The first kappa shape index (κ1) is 29.6. The normalized spacial score (nSPS) is 14.5. The van der Waals surface area contributed by atoms with Crippen LogP contribution in [0.25, 0.3) is 0 Å². The number of nitrogens with two attached hydrogens (primary N) is 1. The molecule has 4 atom stereocenters. The molecule has 11 heteroatoms. The van der Waals surface area contributed by atoms with E-state index in [1.165, 1.54) is 0 Å². The van der Waals surface area contributed by atoms with Gasteiger partial charge in [-0.1, -0.05) is 58.0 Å². The summed E-state index contributed by atoms with van der Waals surface area (Å²) < 4.78 is 0. The van der Waals surface area contributed by atoms with Crippen molar-refractivity contribution in [3.8, 4) is 0 Å². The Morgan fingerprint density at radius 1 is 0.829 bits per heavy atom. The van der Waals surface area contributed by atoms with Crippen LogP contribution in [-0.4, -0.2) is 64.0 Å². The molecule has 3 amide bonds. The zero-order valence-electron chi connectivity index (χ0n) is 20.5. The SMILES string of the molecule is CC(C)CC(NC(=O)C(CC(=O)O)NC(=O)C(NC(=O)C(N)Cc1ccccc1)C(C)C)C(=O)O. The summed E-state index contributed by atoms with van der Waals surface area (Å²) in [5.74, 6) is -5.40. The van der Waals surface area contributed by atoms with Gasteiger partial charge < -0.3 is 31.9 Å². The average Bonchev–Trinajstić information content (AvgIpc) is 2.75. The topological polar surface area (TPSA) is 188 Å². The molecule has 35 heavy (non-hydrogen) atoms. The van der Waals surface area contributed by atoms with Crippen LogP contribution in [0.4, 0.5) is 0 Å². The van der Waals surface area contributed by atoms with E-state index >= 15 is 0 Å². The van der Waals surface area contributed by atoms with Gasteiger partial charge >= 0.3 is 11.9 Å². The molecule has 0 aliphatic rings. The van der Waals surface area contributed by atoms with E-state index < -0.39 is 66.2 Å². The van der Waals surface area contributed by atoms with Gasteiger partial charge in [0.15, 0.2) is 0 Å². The number of hydrogen-bond acceptors (Lipinski definition) is 6. The van der Waals surface area contributed by atoms with Crippen LogP contribution in [0.5, 0.6) is 0 Å². The Balaban J connectivity index is 2.93. The van der Waals surface area contributed by atoms with Gasteiger partial charge in [-0.2, -0.15) is 0 Å². The van der Waals surface area contributed by atoms with Crippen LogP contribution in [-0.2, 0) is 30.4 Å². The largest absolute Gasteiger partial charge is 0.481 e. The third-order valence-corrected chi connectivity index (χ3v) is 5.22. The minimum atomic E-state index is -1.54. The van der Waals surface area contributed by atoms with E-state index in [9.17, 15) is 34.2 Å². The summed E-state index contributed by atoms with van der Waals surface area (Å²) in [5, 5.41) is 25.8. The van der Waals surface area contributed by atoms with Crippen molar-refractivity contribution >= 4 is 29.7 Å². The molecule has 11 nitrogen and oxygen atoms in total. The molecular weight excluding hydrogens is 456 g/mol. The van der Waals surface area contributed by atoms with Gasteiger partial charge in [0.05, 0.1) is 12.5 Å². The third kappa shape index (κ3) is 10.6. The molecule has 1 aromatic carbocycles. The number of carbonyl (C=O) groups is 5. The summed E-state index contributed by atoms with van der Waals surface area (Å²) in [4.78, 5) is 61.0. The maximum atomic E-state index is 12.9. The van der Waals surface area contributed by atoms with Gasteiger partial charge in [0.2, 0.25) is 17.7 Å². The lowest BCUT2D eigenvalue weighted by molar-refractivity contribution is -0.144. The molecule has 0 bridgehead atoms. The lowest BCUT2D eigenvalue weighted by atomic mass is 10.0. The van der Waals surface area contributed by atoms with Gasteiger partial charge in [0, 0.05) is 0 Å². The second kappa shape index (κ2) is 14.1. The lowest BCUT2D eigenvalue weighted by Gasteiger charge is -2.26. The second-order valence-corrected chi connectivity index (χ2v) is 9.21. The first-order chi connectivity index (χ1) is 16.3. The lowest BCUT2D eigenvalue weighted by Crippen LogP contribution is -2.59. The molecule has 7 N–H and O–H groups in total. The van der Waals surface area contributed by atoms with Crippen molar-refractivity contribution in [2.75, 3.05) is 0 Å². The predicted octanol–water partition coefficient (Wildman–Crippen LogP) is 0.272. The fourth-order valence-corrected chi connectivity index (χ4v) is 3.37. The Hall–Kier alpha value is -3.47. The van der Waals surface area contributed by atoms with Gasteiger partial charge in [0.1, 0.15) is 18.1 Å². The van der Waals surface area contributed by atoms with Gasteiger partial charge in [-0.25, -0.2) is 4.79 Å². The molecule has 0 aliphatic heterocycles. The maximum Gasteiger partial charge on any atom is 0.326 e. The number of aliphatic carboxylic acids is 2. The highest BCUT2D eigenvalue weighted by Gasteiger charge is 2.33. The number of amides is 3. The Kier molecular flexibility index (Phi) is 11.9. The number of rotatable bonds is 14. The highest BCUT2D eigenvalue weighted by Crippen LogP contribution is 2.08. The van der Waals surface area contributed by atoms with E-state index in [0.717, 1.165) is 5.56 Å². The van der Waals surface area contributed by atoms with Crippen LogP contribution >= 0.6 is 0 Å². The molecule has 0 spiro atoms. The molecule has 0 fully saturated rings. The maximum absolute atomic E-state index is 12.9. The number of carboxylic acid groups (broad SMARTS) is 2. The smallest absolute Gasteiger partial charge is 0.326 e. The zero-order valence-corrected chi connectivity index (χ0v) is 20.5. The summed E-state index contributed by atoms with van der Waals surface area (Å²) in [6, 6.07) is 4.28. The summed E-state index contributed by atoms with van der Waals surface area (Å²) in [7, 11) is 0. The second-order valence-electron chi connectivity index (χ2n) is 9.21. The first-order valence-corrected chi connectivity index (χ1v) is 11.5. The van der Waals surface area contributed by atoms with E-state index in [1.54, 1.807) is 27.7 Å². The first-order valence-electron chi connectivity index (χ1n) is 11.5. The van der Waals surface area contributed by atoms with Crippen LogP contribution in [0.2, 0.25) is 0 Å². The molecule has 1 aromatic rings. The molecular formula is C24H36N4O7. The molecule has 0 heterocycles. The molecule has 194 valence electrons. The third-order valence-electron chi connectivity index (χ3n) is 5.22. The predicted molar refractivity (Wildman–Crippen MR) is 128 cm³/mol. The van der Waals surface area contributed by atoms with Crippen molar-refractivity contribution < 1.29 is 34.2 Å². The van der Waals surface area contributed by atoms with Crippen LogP contribution in [0, 0.1) is 11.8 Å². The van der Waals surface area contributed by atoms with Crippen LogP contribution in [0.15, 0.2) is 30.3 Å². The molecule has 0 radical (unpaired) electrons. The average molecular weight is 493 g/mol. The van der Waals surface area contributed by atoms with Crippen LogP contribution < -0.4 is 21.7 Å². The number of carbonyl (C=O) groups excluding carboxylic acids is 3. The zero-order chi connectivity index (χ0) is 26.7. The Morgan fingerprint density at radius 2 is 1.40 bits per heavy atom. The number of hydrogen-bond donors (Lipinski definition) is 6. The van der Waals surface area contributed by atoms with E-state index in [0.29, 0.717) is 0 Å². The Morgan fingerprint density at radius 3 is 1.89 bits per heavy atom. The molecule has 0 aliphatic carbocycles. The quantitative estimate of drug-likeness (QED) is 0.213. The Labute approximate surface area is 204 Å². The summed E-state index contributed by atoms with van der Waals surface area (Å²) >= 11 is 0. The minimum absolute atomic E-state index is 0.0513. The van der Waals surface area contributed by atoms with Crippen molar-refractivity contribution in [3.63, 3.8) is 0 Å². The molecule has 4 unspecified atom stereocenters. The Bertz CT molecular complexity index is 889. The summed E-state index contributed by atoms with van der Waals surface area (Å²) in [5.41, 5.74) is 6.84. The highest BCUT2D eigenvalue weighted by molar-refractivity contribution is 5.95. The van der Waals surface area contributed by atoms with Gasteiger partial charge in [-0.05, 0) is 30.2 Å². The molecule has 0 saturated carbocycles. The van der Waals surface area contributed by atoms with Gasteiger partial charge in [-0.15, -0.1) is 0 Å². The van der Waals surface area contributed by atoms with E-state index in [2.05, 4.69) is 16.0 Å². The number of nitrogens with one attached hydrogen (secondary N) is 3. The van der Waals surface area contributed by atoms with Crippen LogP contribution in [0.3, 0.4) is 0 Å². The molecule has 1 rings (SSSR count). The van der Waals surface area contributed by atoms with Gasteiger partial charge in [-0.3, -0.25) is 19.2 Å². The van der Waals surface area contributed by atoms with Crippen molar-refractivity contribution in [2.45, 2.75) is 71.1 Å². The van der Waals surface area contributed by atoms with Gasteiger partial charge in [0.25, 0.3) is 0 Å². The van der Waals surface area contributed by atoms with E-state index in [4.69, 9.17) is 5.73 Å². The van der Waals surface area contributed by atoms with Crippen molar-refractivity contribution in [1.82, 2.24) is 16.0 Å². The molecule has 0 saturated heterocycles. The number of carboxylic acids is 2. The van der Waals surface area contributed by atoms with Crippen molar-refractivity contribution in [1.29, 1.82) is 0 Å². The van der Waals surface area contributed by atoms with E-state index in [1.807, 2.05) is 30.3 Å². The number of benzene rings is 1. The minimum Gasteiger partial charge on any atom is -0.481 e. The summed E-state index contributed by atoms with van der Waals surface area (Å²) in [6.07, 6.45) is -0.397. The summed E-state index contributed by atoms with van der Waals surface area (Å²) in [6.45, 7) is 6.89. The fourth-order valence-electron chi connectivity index (χ4n) is 3.37. The fraction of sp³-hybridized carbons (Fsp3) is 0.542. The monoisotopic (exact) mass is 492 g/mol. The van der Waals surface area contributed by atoms with Crippen molar-refractivity contribution in [3.05, 3.63) is 35.9 Å². The molecule has 0 aromatic heterocycles. The van der Waals surface area contributed by atoms with Crippen molar-refractivity contribution in [2.24, 2.45) is 17.6 Å². The van der Waals surface area contributed by atoms with Crippen LogP contribution in [0.1, 0.15) is 46.1 Å². The van der Waals surface area contributed by atoms with E-state index in [-0.39, 0.29) is 18.8 Å².